The average Bonchev–Trinajstić information content (AvgIpc) is 2.95. The quantitative estimate of drug-likeness (QED) is 0.881. The summed E-state index contributed by atoms with van der Waals surface area (Å²) < 4.78 is 6.69. The van der Waals surface area contributed by atoms with Crippen LogP contribution in [-0.4, -0.2) is 33.7 Å². The number of imidazole rings is 1. The Balaban J connectivity index is 2.18. The van der Waals surface area contributed by atoms with Crippen LogP contribution in [0.2, 0.25) is 0 Å². The number of fused-ring (bicyclic) bond motifs is 1. The van der Waals surface area contributed by atoms with Gasteiger partial charge in [-0.15, -0.1) is 0 Å². The molecule has 0 fully saturated rings. The van der Waals surface area contributed by atoms with Crippen molar-refractivity contribution in [3.8, 4) is 11.4 Å². The Morgan fingerprint density at radius 3 is 2.61 bits per heavy atom. The van der Waals surface area contributed by atoms with Gasteiger partial charge in [-0.05, 0) is 19.8 Å². The first-order valence-electron chi connectivity index (χ1n) is 7.51. The molecule has 1 aromatic carbocycles. The minimum absolute atomic E-state index is 0.0596. The van der Waals surface area contributed by atoms with Gasteiger partial charge in [-0.25, -0.2) is 9.78 Å². The predicted octanol–water partition coefficient (Wildman–Crippen LogP) is 2.61. The summed E-state index contributed by atoms with van der Waals surface area (Å²) in [6.45, 7) is 2.63. The third-order valence-electron chi connectivity index (χ3n) is 4.21. The molecule has 1 aliphatic heterocycles. The number of hydrogen-bond acceptors (Lipinski definition) is 4. The number of benzene rings is 1. The largest absolute Gasteiger partial charge is 0.476 e. The van der Waals surface area contributed by atoms with Crippen LogP contribution in [0.5, 0.6) is 0 Å². The van der Waals surface area contributed by atoms with E-state index in [1.54, 1.807) is 0 Å². The molecular formula is C17H18N2O4. The van der Waals surface area contributed by atoms with E-state index in [-0.39, 0.29) is 5.69 Å². The number of esters is 1. The molecule has 6 heteroatoms. The fraction of sp³-hybridized carbons (Fsp3) is 0.353. The zero-order valence-electron chi connectivity index (χ0n) is 13.1. The second-order valence-corrected chi connectivity index (χ2v) is 5.71. The number of methoxy groups -OCH3 is 1. The van der Waals surface area contributed by atoms with Crippen molar-refractivity contribution in [1.82, 2.24) is 9.55 Å². The van der Waals surface area contributed by atoms with Crippen LogP contribution in [0.15, 0.2) is 24.3 Å². The molecule has 0 aliphatic carbocycles. The number of carboxylic acids is 1. The van der Waals surface area contributed by atoms with E-state index in [1.165, 1.54) is 7.11 Å². The molecule has 0 saturated carbocycles. The van der Waals surface area contributed by atoms with E-state index in [0.29, 0.717) is 24.5 Å². The van der Waals surface area contributed by atoms with Crippen molar-refractivity contribution in [2.75, 3.05) is 7.11 Å². The lowest BCUT2D eigenvalue weighted by atomic mass is 9.94. The maximum absolute atomic E-state index is 12.0. The van der Waals surface area contributed by atoms with Gasteiger partial charge in [0, 0.05) is 12.1 Å². The van der Waals surface area contributed by atoms with Crippen LogP contribution < -0.4 is 0 Å². The van der Waals surface area contributed by atoms with Gasteiger partial charge in [0.2, 0.25) is 0 Å². The fourth-order valence-electron chi connectivity index (χ4n) is 3.09. The van der Waals surface area contributed by atoms with Crippen molar-refractivity contribution in [3.63, 3.8) is 0 Å². The second-order valence-electron chi connectivity index (χ2n) is 5.71. The van der Waals surface area contributed by atoms with Gasteiger partial charge in [-0.2, -0.15) is 0 Å². The van der Waals surface area contributed by atoms with Crippen LogP contribution in [0.1, 0.15) is 40.5 Å². The zero-order valence-corrected chi connectivity index (χ0v) is 13.1. The van der Waals surface area contributed by atoms with Crippen LogP contribution >= 0.6 is 0 Å². The molecule has 0 saturated heterocycles. The van der Waals surface area contributed by atoms with E-state index >= 15 is 0 Å². The fourth-order valence-corrected chi connectivity index (χ4v) is 3.09. The average molecular weight is 314 g/mol. The highest BCUT2D eigenvalue weighted by molar-refractivity contribution is 5.91. The van der Waals surface area contributed by atoms with Crippen molar-refractivity contribution in [3.05, 3.63) is 41.2 Å². The molecule has 2 aromatic rings. The molecule has 1 atom stereocenters. The number of aryl methyl sites for hydroxylation is 1. The van der Waals surface area contributed by atoms with Gasteiger partial charge in [0.1, 0.15) is 5.82 Å². The number of carbonyl (C=O) groups excluding carboxylic acids is 1. The Morgan fingerprint density at radius 1 is 1.30 bits per heavy atom. The highest BCUT2D eigenvalue weighted by atomic mass is 16.5. The lowest BCUT2D eigenvalue weighted by molar-refractivity contribution is -0.143. The molecule has 2 heterocycles. The molecule has 6 nitrogen and oxygen atoms in total. The Hall–Kier alpha value is -2.63. The Bertz CT molecular complexity index is 762. The molecule has 1 unspecified atom stereocenters. The topological polar surface area (TPSA) is 81.4 Å². The number of ether oxygens (including phenoxy) is 1. The minimum Gasteiger partial charge on any atom is -0.476 e. The van der Waals surface area contributed by atoms with Gasteiger partial charge in [0.05, 0.1) is 18.7 Å². The van der Waals surface area contributed by atoms with Crippen molar-refractivity contribution in [2.45, 2.75) is 32.2 Å². The first-order valence-corrected chi connectivity index (χ1v) is 7.51. The zero-order chi connectivity index (χ0) is 16.6. The first kappa shape index (κ1) is 15.3. The molecule has 1 aromatic heterocycles. The second kappa shape index (κ2) is 5.87. The first-order chi connectivity index (χ1) is 11.0. The Kier molecular flexibility index (Phi) is 3.90. The normalized spacial score (nSPS) is 16.7. The van der Waals surface area contributed by atoms with Gasteiger partial charge in [-0.3, -0.25) is 4.79 Å². The summed E-state index contributed by atoms with van der Waals surface area (Å²) in [6.07, 6.45) is 1.35. The summed E-state index contributed by atoms with van der Waals surface area (Å²) in [6, 6.07) is 7.74. The van der Waals surface area contributed by atoms with E-state index in [2.05, 4.69) is 4.98 Å². The van der Waals surface area contributed by atoms with Gasteiger partial charge >= 0.3 is 11.9 Å². The maximum Gasteiger partial charge on any atom is 0.356 e. The molecule has 0 amide bonds. The summed E-state index contributed by atoms with van der Waals surface area (Å²) in [5.41, 5.74) is 2.35. The van der Waals surface area contributed by atoms with Gasteiger partial charge in [-0.1, -0.05) is 29.8 Å². The molecule has 0 radical (unpaired) electrons. The van der Waals surface area contributed by atoms with Crippen molar-refractivity contribution >= 4 is 11.9 Å². The van der Waals surface area contributed by atoms with Crippen LogP contribution in [0.3, 0.4) is 0 Å². The third-order valence-corrected chi connectivity index (χ3v) is 4.21. The SMILES string of the molecule is COC(=O)C1CCCn2c(-c3ccc(C)cc3)nc(C(=O)O)c21. The summed E-state index contributed by atoms with van der Waals surface area (Å²) >= 11 is 0. The number of aromatic nitrogens is 2. The number of nitrogens with zero attached hydrogens (tertiary/aromatic N) is 2. The summed E-state index contributed by atoms with van der Waals surface area (Å²) in [5, 5.41) is 9.49. The Labute approximate surface area is 133 Å². The van der Waals surface area contributed by atoms with Crippen LogP contribution in [0, 0.1) is 6.92 Å². The standard InChI is InChI=1S/C17H18N2O4/c1-10-5-7-11(8-6-10)15-18-13(16(20)21)14-12(17(22)23-2)4-3-9-19(14)15/h5-8,12H,3-4,9H2,1-2H3,(H,20,21). The van der Waals surface area contributed by atoms with Crippen molar-refractivity contribution < 1.29 is 19.4 Å². The molecular weight excluding hydrogens is 296 g/mol. The van der Waals surface area contributed by atoms with Gasteiger partial charge in [0.25, 0.3) is 0 Å². The van der Waals surface area contributed by atoms with E-state index in [1.807, 2.05) is 35.8 Å². The number of carboxylic acid groups (broad SMARTS) is 1. The van der Waals surface area contributed by atoms with E-state index < -0.39 is 17.9 Å². The maximum atomic E-state index is 12.0. The van der Waals surface area contributed by atoms with E-state index in [4.69, 9.17) is 4.74 Å². The van der Waals surface area contributed by atoms with Gasteiger partial charge in [0.15, 0.2) is 5.69 Å². The highest BCUT2D eigenvalue weighted by Crippen LogP contribution is 2.35. The smallest absolute Gasteiger partial charge is 0.356 e. The molecule has 0 bridgehead atoms. The number of hydrogen-bond donors (Lipinski definition) is 1. The van der Waals surface area contributed by atoms with E-state index in [0.717, 1.165) is 17.5 Å². The summed E-state index contributed by atoms with van der Waals surface area (Å²) in [5.74, 6) is -1.52. The lowest BCUT2D eigenvalue weighted by Crippen LogP contribution is -2.25. The van der Waals surface area contributed by atoms with Crippen LogP contribution in [0.25, 0.3) is 11.4 Å². The lowest BCUT2D eigenvalue weighted by Gasteiger charge is -2.24. The van der Waals surface area contributed by atoms with Crippen molar-refractivity contribution in [1.29, 1.82) is 0 Å². The van der Waals surface area contributed by atoms with Gasteiger partial charge < -0.3 is 14.4 Å². The molecule has 120 valence electrons. The Morgan fingerprint density at radius 2 is 2.00 bits per heavy atom. The number of carbonyl (C=O) groups is 2. The van der Waals surface area contributed by atoms with Crippen molar-refractivity contribution in [2.24, 2.45) is 0 Å². The molecule has 1 aliphatic rings. The highest BCUT2D eigenvalue weighted by Gasteiger charge is 2.35. The molecule has 3 rings (SSSR count). The third kappa shape index (κ3) is 2.60. The molecule has 23 heavy (non-hydrogen) atoms. The predicted molar refractivity (Wildman–Crippen MR) is 83.4 cm³/mol. The van der Waals surface area contributed by atoms with Crippen LogP contribution in [0.4, 0.5) is 0 Å². The number of rotatable bonds is 3. The molecule has 0 spiro atoms. The monoisotopic (exact) mass is 314 g/mol. The summed E-state index contributed by atoms with van der Waals surface area (Å²) in [7, 11) is 1.32. The number of aromatic carboxylic acids is 1. The van der Waals surface area contributed by atoms with E-state index in [9.17, 15) is 14.7 Å². The van der Waals surface area contributed by atoms with Crippen LogP contribution in [-0.2, 0) is 16.1 Å². The minimum atomic E-state index is -1.12. The molecule has 1 N–H and O–H groups in total. The summed E-state index contributed by atoms with van der Waals surface area (Å²) in [4.78, 5) is 28.0.